The number of carbonyl (C=O) groups excluding carboxylic acids is 2. The number of aromatic nitrogens is 1. The van der Waals surface area contributed by atoms with Gasteiger partial charge in [-0.15, -0.1) is 0 Å². The average molecular weight is 481 g/mol. The van der Waals surface area contributed by atoms with Gasteiger partial charge in [0.25, 0.3) is 0 Å². The lowest BCUT2D eigenvalue weighted by atomic mass is 9.81. The van der Waals surface area contributed by atoms with Crippen molar-refractivity contribution in [1.29, 1.82) is 0 Å². The number of ketones is 1. The van der Waals surface area contributed by atoms with Crippen LogP contribution in [0.15, 0.2) is 65.8 Å². The van der Waals surface area contributed by atoms with Crippen LogP contribution in [0.1, 0.15) is 73.0 Å². The maximum atomic E-state index is 13.4. The molecule has 1 aliphatic rings. The second kappa shape index (κ2) is 10.1. The van der Waals surface area contributed by atoms with Gasteiger partial charge in [-0.3, -0.25) is 4.79 Å². The molecule has 1 fully saturated rings. The SMILES string of the molecule is CCn1c2ccc(C(=O)c3ccccc3C)cc2c2cc(/C(CCC3CCC3)=N/OC(C)=O)ccc21. The molecule has 3 aromatic carbocycles. The van der Waals surface area contributed by atoms with E-state index < -0.39 is 5.97 Å². The molecule has 0 bridgehead atoms. The van der Waals surface area contributed by atoms with E-state index in [4.69, 9.17) is 4.84 Å². The molecule has 36 heavy (non-hydrogen) atoms. The third-order valence-corrected chi connectivity index (χ3v) is 7.46. The molecule has 0 N–H and O–H groups in total. The zero-order valence-electron chi connectivity index (χ0n) is 21.2. The number of hydrogen-bond donors (Lipinski definition) is 0. The van der Waals surface area contributed by atoms with Crippen LogP contribution in [-0.4, -0.2) is 22.0 Å². The van der Waals surface area contributed by atoms with E-state index in [2.05, 4.69) is 40.9 Å². The monoisotopic (exact) mass is 480 g/mol. The van der Waals surface area contributed by atoms with Gasteiger partial charge in [0.15, 0.2) is 5.78 Å². The second-order valence-electron chi connectivity index (χ2n) is 9.81. The fourth-order valence-electron chi connectivity index (χ4n) is 5.23. The first-order chi connectivity index (χ1) is 17.5. The van der Waals surface area contributed by atoms with Crippen LogP contribution in [0.4, 0.5) is 0 Å². The number of aryl methyl sites for hydroxylation is 2. The third kappa shape index (κ3) is 4.58. The smallest absolute Gasteiger partial charge is 0.331 e. The standard InChI is InChI=1S/C31H32N2O3/c1-4-33-29-16-13-23(28(32-36-21(3)34)15-12-22-9-7-10-22)18-26(29)27-19-24(14-17-30(27)33)31(35)25-11-6-5-8-20(25)2/h5-6,8,11,13-14,16-19,22H,4,7,9-10,12,15H2,1-3H3/b32-28+. The van der Waals surface area contributed by atoms with Crippen molar-refractivity contribution in [1.82, 2.24) is 4.57 Å². The fraction of sp³-hybridized carbons (Fsp3) is 0.323. The lowest BCUT2D eigenvalue weighted by Crippen LogP contribution is -2.14. The Hall–Kier alpha value is -3.73. The zero-order valence-corrected chi connectivity index (χ0v) is 21.2. The predicted molar refractivity (Wildman–Crippen MR) is 145 cm³/mol. The number of benzene rings is 3. The van der Waals surface area contributed by atoms with Crippen LogP contribution in [-0.2, 0) is 16.2 Å². The maximum Gasteiger partial charge on any atom is 0.331 e. The Morgan fingerprint density at radius 2 is 1.64 bits per heavy atom. The van der Waals surface area contributed by atoms with Crippen molar-refractivity contribution in [3.8, 4) is 0 Å². The molecule has 0 radical (unpaired) electrons. The van der Waals surface area contributed by atoms with Gasteiger partial charge in [0.2, 0.25) is 0 Å². The fourth-order valence-corrected chi connectivity index (χ4v) is 5.23. The minimum absolute atomic E-state index is 0.0289. The van der Waals surface area contributed by atoms with E-state index >= 15 is 0 Å². The van der Waals surface area contributed by atoms with Gasteiger partial charge < -0.3 is 9.40 Å². The van der Waals surface area contributed by atoms with Gasteiger partial charge in [-0.2, -0.15) is 0 Å². The molecule has 0 spiro atoms. The van der Waals surface area contributed by atoms with Crippen molar-refractivity contribution in [3.63, 3.8) is 0 Å². The zero-order chi connectivity index (χ0) is 25.2. The van der Waals surface area contributed by atoms with Gasteiger partial charge in [0.05, 0.1) is 5.71 Å². The number of fused-ring (bicyclic) bond motifs is 3. The summed E-state index contributed by atoms with van der Waals surface area (Å²) in [5.74, 6) is 0.341. The molecule has 0 atom stereocenters. The Morgan fingerprint density at radius 1 is 0.972 bits per heavy atom. The molecule has 0 amide bonds. The van der Waals surface area contributed by atoms with Crippen molar-refractivity contribution in [2.24, 2.45) is 11.1 Å². The van der Waals surface area contributed by atoms with E-state index in [1.807, 2.05) is 43.3 Å². The summed E-state index contributed by atoms with van der Waals surface area (Å²) in [5, 5.41) is 6.35. The van der Waals surface area contributed by atoms with Gasteiger partial charge in [-0.05, 0) is 68.5 Å². The minimum Gasteiger partial charge on any atom is -0.341 e. The quantitative estimate of drug-likeness (QED) is 0.116. The van der Waals surface area contributed by atoms with Crippen molar-refractivity contribution in [2.45, 2.75) is 59.4 Å². The summed E-state index contributed by atoms with van der Waals surface area (Å²) in [7, 11) is 0. The van der Waals surface area contributed by atoms with E-state index in [1.54, 1.807) is 0 Å². The molecule has 184 valence electrons. The van der Waals surface area contributed by atoms with E-state index in [-0.39, 0.29) is 5.78 Å². The van der Waals surface area contributed by atoms with Crippen molar-refractivity contribution < 1.29 is 14.4 Å². The Labute approximate surface area is 211 Å². The van der Waals surface area contributed by atoms with Gasteiger partial charge in [-0.1, -0.05) is 54.8 Å². The first-order valence-electron chi connectivity index (χ1n) is 12.9. The normalized spacial score (nSPS) is 14.2. The Bertz CT molecular complexity index is 1490. The lowest BCUT2D eigenvalue weighted by Gasteiger charge is -2.25. The largest absolute Gasteiger partial charge is 0.341 e. The van der Waals surface area contributed by atoms with Gasteiger partial charge in [-0.25, -0.2) is 4.79 Å². The summed E-state index contributed by atoms with van der Waals surface area (Å²) in [4.78, 5) is 29.9. The number of rotatable bonds is 8. The number of carbonyl (C=O) groups is 2. The Balaban J connectivity index is 1.60. The molecule has 1 saturated carbocycles. The average Bonchev–Trinajstić information content (AvgIpc) is 3.17. The lowest BCUT2D eigenvalue weighted by molar-refractivity contribution is -0.140. The molecule has 5 nitrogen and oxygen atoms in total. The number of oxime groups is 1. The highest BCUT2D eigenvalue weighted by Crippen LogP contribution is 2.34. The number of hydrogen-bond acceptors (Lipinski definition) is 4. The molecule has 1 aliphatic carbocycles. The molecule has 0 saturated heterocycles. The molecular weight excluding hydrogens is 448 g/mol. The molecular formula is C31H32N2O3. The Kier molecular flexibility index (Phi) is 6.73. The summed E-state index contributed by atoms with van der Waals surface area (Å²) >= 11 is 0. The third-order valence-electron chi connectivity index (χ3n) is 7.46. The van der Waals surface area contributed by atoms with Crippen LogP contribution < -0.4 is 0 Å². The topological polar surface area (TPSA) is 60.7 Å². The van der Waals surface area contributed by atoms with Gasteiger partial charge in [0, 0.05) is 52.0 Å². The summed E-state index contributed by atoms with van der Waals surface area (Å²) in [5.41, 5.74) is 6.33. The highest BCUT2D eigenvalue weighted by Gasteiger charge is 2.20. The Morgan fingerprint density at radius 3 is 2.25 bits per heavy atom. The van der Waals surface area contributed by atoms with Crippen LogP contribution in [0.3, 0.4) is 0 Å². The van der Waals surface area contributed by atoms with E-state index in [9.17, 15) is 9.59 Å². The second-order valence-corrected chi connectivity index (χ2v) is 9.81. The first-order valence-corrected chi connectivity index (χ1v) is 12.9. The van der Waals surface area contributed by atoms with Crippen molar-refractivity contribution in [3.05, 3.63) is 82.9 Å². The van der Waals surface area contributed by atoms with Crippen molar-refractivity contribution >= 4 is 39.3 Å². The molecule has 4 aromatic rings. The molecule has 5 rings (SSSR count). The molecule has 0 unspecified atom stereocenters. The van der Waals surface area contributed by atoms with Crippen LogP contribution in [0.2, 0.25) is 0 Å². The van der Waals surface area contributed by atoms with Crippen LogP contribution in [0.5, 0.6) is 0 Å². The molecule has 1 aromatic heterocycles. The van der Waals surface area contributed by atoms with Gasteiger partial charge >= 0.3 is 5.97 Å². The van der Waals surface area contributed by atoms with E-state index in [0.29, 0.717) is 5.56 Å². The molecule has 5 heteroatoms. The van der Waals surface area contributed by atoms with Gasteiger partial charge in [0.1, 0.15) is 0 Å². The highest BCUT2D eigenvalue weighted by atomic mass is 16.7. The summed E-state index contributed by atoms with van der Waals surface area (Å²) in [6.45, 7) is 6.29. The maximum absolute atomic E-state index is 13.4. The van der Waals surface area contributed by atoms with E-state index in [0.717, 1.165) is 69.5 Å². The highest BCUT2D eigenvalue weighted by molar-refractivity contribution is 6.16. The van der Waals surface area contributed by atoms with Crippen LogP contribution >= 0.6 is 0 Å². The first kappa shape index (κ1) is 24.0. The van der Waals surface area contributed by atoms with Crippen LogP contribution in [0, 0.1) is 12.8 Å². The minimum atomic E-state index is -0.417. The summed E-state index contributed by atoms with van der Waals surface area (Å²) in [6.07, 6.45) is 5.65. The summed E-state index contributed by atoms with van der Waals surface area (Å²) in [6, 6.07) is 20.0. The van der Waals surface area contributed by atoms with E-state index in [1.165, 1.54) is 26.2 Å². The van der Waals surface area contributed by atoms with Crippen LogP contribution in [0.25, 0.3) is 21.8 Å². The predicted octanol–water partition coefficient (Wildman–Crippen LogP) is 7.20. The molecule has 0 aliphatic heterocycles. The van der Waals surface area contributed by atoms with Crippen molar-refractivity contribution in [2.75, 3.05) is 0 Å². The molecule has 1 heterocycles. The number of nitrogens with zero attached hydrogens (tertiary/aromatic N) is 2. The summed E-state index contributed by atoms with van der Waals surface area (Å²) < 4.78 is 2.27.